The zero-order chi connectivity index (χ0) is 12.1. The number of rotatable bonds is 4. The van der Waals surface area contributed by atoms with Gasteiger partial charge in [0.15, 0.2) is 0 Å². The van der Waals surface area contributed by atoms with Crippen LogP contribution in [0, 0.1) is 3.57 Å². The third-order valence-electron chi connectivity index (χ3n) is 3.18. The highest BCUT2D eigenvalue weighted by Crippen LogP contribution is 2.26. The second-order valence-electron chi connectivity index (χ2n) is 4.34. The molecule has 1 aromatic rings. The molecule has 0 aliphatic carbocycles. The molecule has 0 spiro atoms. The molecule has 4 nitrogen and oxygen atoms in total. The van der Waals surface area contributed by atoms with Crippen molar-refractivity contribution in [3.05, 3.63) is 16.1 Å². The Balaban J connectivity index is 2.13. The first-order valence-corrected chi connectivity index (χ1v) is 7.33. The van der Waals surface area contributed by atoms with Gasteiger partial charge < -0.3 is 10.2 Å². The maximum absolute atomic E-state index is 4.44. The van der Waals surface area contributed by atoms with E-state index in [1.54, 1.807) is 6.33 Å². The Morgan fingerprint density at radius 1 is 1.53 bits per heavy atom. The van der Waals surface area contributed by atoms with Crippen LogP contribution < -0.4 is 10.2 Å². The molecule has 17 heavy (non-hydrogen) atoms. The molecule has 1 saturated heterocycles. The zero-order valence-corrected chi connectivity index (χ0v) is 12.4. The summed E-state index contributed by atoms with van der Waals surface area (Å²) < 4.78 is 1.15. The van der Waals surface area contributed by atoms with E-state index in [-0.39, 0.29) is 0 Å². The average molecular weight is 346 g/mol. The highest BCUT2D eigenvalue weighted by molar-refractivity contribution is 14.1. The number of halogens is 1. The number of piperidine rings is 1. The number of likely N-dealkylation sites (N-methyl/N-ethyl adjacent to an activating group) is 1. The Bertz CT molecular complexity index is 358. The van der Waals surface area contributed by atoms with Gasteiger partial charge in [0.05, 0.1) is 3.57 Å². The quantitative estimate of drug-likeness (QED) is 0.848. The van der Waals surface area contributed by atoms with Gasteiger partial charge in [0.25, 0.3) is 0 Å². The van der Waals surface area contributed by atoms with Gasteiger partial charge in [-0.25, -0.2) is 9.97 Å². The number of hydrogen-bond acceptors (Lipinski definition) is 4. The normalized spacial score (nSPS) is 20.6. The molecule has 1 aliphatic rings. The topological polar surface area (TPSA) is 41.0 Å². The van der Waals surface area contributed by atoms with Crippen molar-refractivity contribution in [3.8, 4) is 0 Å². The van der Waals surface area contributed by atoms with Crippen LogP contribution in [0.2, 0.25) is 0 Å². The summed E-state index contributed by atoms with van der Waals surface area (Å²) in [5, 5.41) is 3.45. The van der Waals surface area contributed by atoms with Gasteiger partial charge in [0.1, 0.15) is 12.1 Å². The van der Waals surface area contributed by atoms with Crippen molar-refractivity contribution in [1.82, 2.24) is 15.3 Å². The molecule has 2 rings (SSSR count). The molecule has 94 valence electrons. The molecular formula is C12H19IN4. The maximum atomic E-state index is 4.44. The van der Waals surface area contributed by atoms with Crippen LogP contribution in [0.15, 0.2) is 12.5 Å². The van der Waals surface area contributed by atoms with E-state index in [2.05, 4.69) is 49.7 Å². The van der Waals surface area contributed by atoms with E-state index in [0.29, 0.717) is 6.04 Å². The van der Waals surface area contributed by atoms with E-state index in [9.17, 15) is 0 Å². The maximum Gasteiger partial charge on any atom is 0.145 e. The van der Waals surface area contributed by atoms with Gasteiger partial charge in [0.2, 0.25) is 0 Å². The van der Waals surface area contributed by atoms with Crippen LogP contribution in [-0.2, 0) is 0 Å². The second kappa shape index (κ2) is 6.49. The Morgan fingerprint density at radius 3 is 3.18 bits per heavy atom. The van der Waals surface area contributed by atoms with E-state index in [1.807, 2.05) is 6.20 Å². The van der Waals surface area contributed by atoms with Crippen LogP contribution in [0.4, 0.5) is 5.82 Å². The van der Waals surface area contributed by atoms with Gasteiger partial charge in [-0.15, -0.1) is 0 Å². The van der Waals surface area contributed by atoms with Gasteiger partial charge in [0, 0.05) is 25.3 Å². The SMILES string of the molecule is CCNCC1CCCCN1c1ncncc1I. The fraction of sp³-hybridized carbons (Fsp3) is 0.667. The Morgan fingerprint density at radius 2 is 2.41 bits per heavy atom. The number of nitrogens with one attached hydrogen (secondary N) is 1. The van der Waals surface area contributed by atoms with E-state index in [4.69, 9.17) is 0 Å². The molecule has 0 amide bonds. The summed E-state index contributed by atoms with van der Waals surface area (Å²) in [5.74, 6) is 1.10. The van der Waals surface area contributed by atoms with Gasteiger partial charge in [-0.3, -0.25) is 0 Å². The molecule has 1 unspecified atom stereocenters. The van der Waals surface area contributed by atoms with Gasteiger partial charge in [-0.2, -0.15) is 0 Å². The average Bonchev–Trinajstić information content (AvgIpc) is 2.37. The van der Waals surface area contributed by atoms with Gasteiger partial charge >= 0.3 is 0 Å². The van der Waals surface area contributed by atoms with E-state index in [0.717, 1.165) is 29.0 Å². The van der Waals surface area contributed by atoms with E-state index < -0.39 is 0 Å². The summed E-state index contributed by atoms with van der Waals surface area (Å²) in [5.41, 5.74) is 0. The molecule has 0 aromatic carbocycles. The molecule has 0 bridgehead atoms. The van der Waals surface area contributed by atoms with Crippen molar-refractivity contribution in [2.75, 3.05) is 24.5 Å². The standard InChI is InChI=1S/C12H19IN4/c1-2-14-7-10-5-3-4-6-17(10)12-11(13)8-15-9-16-12/h8-10,14H,2-7H2,1H3. The van der Waals surface area contributed by atoms with Gasteiger partial charge in [-0.1, -0.05) is 6.92 Å². The summed E-state index contributed by atoms with van der Waals surface area (Å²) >= 11 is 2.32. The van der Waals surface area contributed by atoms with Crippen molar-refractivity contribution >= 4 is 28.4 Å². The van der Waals surface area contributed by atoms with Crippen molar-refractivity contribution in [3.63, 3.8) is 0 Å². The zero-order valence-electron chi connectivity index (χ0n) is 10.2. The minimum atomic E-state index is 0.576. The first-order chi connectivity index (χ1) is 8.33. The molecule has 1 N–H and O–H groups in total. The monoisotopic (exact) mass is 346 g/mol. The Hall–Kier alpha value is -0.430. The lowest BCUT2D eigenvalue weighted by atomic mass is 10.0. The van der Waals surface area contributed by atoms with Crippen molar-refractivity contribution < 1.29 is 0 Å². The first kappa shape index (κ1) is 13.0. The third-order valence-corrected chi connectivity index (χ3v) is 3.94. The Kier molecular flexibility index (Phi) is 4.97. The number of hydrogen-bond donors (Lipinski definition) is 1. The summed E-state index contributed by atoms with van der Waals surface area (Å²) in [6, 6.07) is 0.576. The van der Waals surface area contributed by atoms with Crippen LogP contribution in [0.25, 0.3) is 0 Å². The molecule has 5 heteroatoms. The first-order valence-electron chi connectivity index (χ1n) is 6.25. The molecule has 1 aliphatic heterocycles. The van der Waals surface area contributed by atoms with Crippen LogP contribution >= 0.6 is 22.6 Å². The largest absolute Gasteiger partial charge is 0.351 e. The van der Waals surface area contributed by atoms with Crippen LogP contribution in [0.1, 0.15) is 26.2 Å². The molecule has 0 saturated carbocycles. The molecule has 0 radical (unpaired) electrons. The van der Waals surface area contributed by atoms with Crippen molar-refractivity contribution in [1.29, 1.82) is 0 Å². The third kappa shape index (κ3) is 3.28. The lowest BCUT2D eigenvalue weighted by Gasteiger charge is -2.37. The van der Waals surface area contributed by atoms with Gasteiger partial charge in [-0.05, 0) is 48.4 Å². The number of nitrogens with zero attached hydrogens (tertiary/aromatic N) is 3. The van der Waals surface area contributed by atoms with Crippen LogP contribution in [0.5, 0.6) is 0 Å². The fourth-order valence-electron chi connectivity index (χ4n) is 2.32. The van der Waals surface area contributed by atoms with Crippen LogP contribution in [-0.4, -0.2) is 35.6 Å². The number of anilines is 1. The highest BCUT2D eigenvalue weighted by atomic mass is 127. The van der Waals surface area contributed by atoms with Crippen molar-refractivity contribution in [2.45, 2.75) is 32.2 Å². The predicted molar refractivity (Wildman–Crippen MR) is 78.3 cm³/mol. The number of aromatic nitrogens is 2. The molecule has 2 heterocycles. The van der Waals surface area contributed by atoms with Crippen molar-refractivity contribution in [2.24, 2.45) is 0 Å². The second-order valence-corrected chi connectivity index (χ2v) is 5.51. The Labute approximate surface area is 116 Å². The summed E-state index contributed by atoms with van der Waals surface area (Å²) in [6.45, 7) is 5.35. The van der Waals surface area contributed by atoms with E-state index in [1.165, 1.54) is 19.3 Å². The minimum absolute atomic E-state index is 0.576. The van der Waals surface area contributed by atoms with E-state index >= 15 is 0 Å². The summed E-state index contributed by atoms with van der Waals surface area (Å²) in [6.07, 6.45) is 7.39. The molecule has 1 atom stereocenters. The lowest BCUT2D eigenvalue weighted by molar-refractivity contribution is 0.435. The smallest absolute Gasteiger partial charge is 0.145 e. The predicted octanol–water partition coefficient (Wildman–Crippen LogP) is 2.05. The summed E-state index contributed by atoms with van der Waals surface area (Å²) in [7, 11) is 0. The minimum Gasteiger partial charge on any atom is -0.351 e. The molecular weight excluding hydrogens is 327 g/mol. The molecule has 1 aromatic heterocycles. The molecule has 1 fully saturated rings. The lowest BCUT2D eigenvalue weighted by Crippen LogP contribution is -2.46. The highest BCUT2D eigenvalue weighted by Gasteiger charge is 2.24. The summed E-state index contributed by atoms with van der Waals surface area (Å²) in [4.78, 5) is 10.9. The fourth-order valence-corrected chi connectivity index (χ4v) is 2.93. The van der Waals surface area contributed by atoms with Crippen LogP contribution in [0.3, 0.4) is 0 Å².